The van der Waals surface area contributed by atoms with Crippen LogP contribution in [0.15, 0.2) is 48.5 Å². The number of nitro benzene ring substituents is 1. The lowest BCUT2D eigenvalue weighted by Crippen LogP contribution is -2.21. The second kappa shape index (κ2) is 12.5. The van der Waals surface area contributed by atoms with Gasteiger partial charge in [-0.1, -0.05) is 6.92 Å². The van der Waals surface area contributed by atoms with Gasteiger partial charge in [0.15, 0.2) is 6.61 Å². The first-order valence-electron chi connectivity index (χ1n) is 10.1. The normalized spacial score (nSPS) is 10.1. The molecule has 0 aliphatic heterocycles. The molecule has 0 aliphatic rings. The van der Waals surface area contributed by atoms with Gasteiger partial charge in [-0.3, -0.25) is 24.5 Å². The van der Waals surface area contributed by atoms with E-state index in [0.717, 1.165) is 0 Å². The van der Waals surface area contributed by atoms with Crippen molar-refractivity contribution in [2.75, 3.05) is 23.8 Å². The second-order valence-electron chi connectivity index (χ2n) is 6.77. The smallest absolute Gasteiger partial charge is 0.338 e. The van der Waals surface area contributed by atoms with E-state index in [1.54, 1.807) is 0 Å². The van der Waals surface area contributed by atoms with E-state index < -0.39 is 35.3 Å². The molecule has 0 saturated carbocycles. The molecule has 0 aromatic heterocycles. The minimum absolute atomic E-state index is 0.111. The van der Waals surface area contributed by atoms with Crippen LogP contribution in [0.1, 0.15) is 36.5 Å². The Morgan fingerprint density at radius 2 is 1.42 bits per heavy atom. The van der Waals surface area contributed by atoms with E-state index in [2.05, 4.69) is 10.6 Å². The molecular formula is C22H23N3O8. The maximum Gasteiger partial charge on any atom is 0.338 e. The molecule has 0 heterocycles. The van der Waals surface area contributed by atoms with Crippen LogP contribution in [0, 0.1) is 10.1 Å². The Hall–Kier alpha value is -4.28. The summed E-state index contributed by atoms with van der Waals surface area (Å²) in [6, 6.07) is 11.3. The number of amides is 2. The number of nitrogens with zero attached hydrogens (tertiary/aromatic N) is 1. The highest BCUT2D eigenvalue weighted by Crippen LogP contribution is 2.16. The van der Waals surface area contributed by atoms with E-state index in [1.807, 2.05) is 6.92 Å². The zero-order valence-electron chi connectivity index (χ0n) is 17.9. The van der Waals surface area contributed by atoms with E-state index in [4.69, 9.17) is 9.47 Å². The predicted molar refractivity (Wildman–Crippen MR) is 118 cm³/mol. The fourth-order valence-corrected chi connectivity index (χ4v) is 2.49. The number of rotatable bonds is 11. The van der Waals surface area contributed by atoms with Gasteiger partial charge in [-0.25, -0.2) is 4.79 Å². The zero-order chi connectivity index (χ0) is 24.2. The highest BCUT2D eigenvalue weighted by Gasteiger charge is 2.12. The number of nitro groups is 1. The fraction of sp³-hybridized carbons (Fsp3) is 0.273. The molecule has 2 aromatic rings. The number of nitrogens with one attached hydrogen (secondary N) is 2. The molecule has 0 unspecified atom stereocenters. The molecule has 2 amide bonds. The third kappa shape index (κ3) is 8.77. The highest BCUT2D eigenvalue weighted by atomic mass is 16.6. The second-order valence-corrected chi connectivity index (χ2v) is 6.77. The summed E-state index contributed by atoms with van der Waals surface area (Å²) in [6.07, 6.45) is 0.275. The number of carbonyl (C=O) groups excluding carboxylic acids is 4. The minimum Gasteiger partial charge on any atom is -0.462 e. The summed E-state index contributed by atoms with van der Waals surface area (Å²) in [6.45, 7) is 1.67. The molecule has 0 atom stereocenters. The maximum atomic E-state index is 11.9. The van der Waals surface area contributed by atoms with Gasteiger partial charge in [0.05, 0.1) is 23.5 Å². The predicted octanol–water partition coefficient (Wildman–Crippen LogP) is 3.06. The Morgan fingerprint density at radius 1 is 0.848 bits per heavy atom. The molecule has 11 heteroatoms. The molecule has 33 heavy (non-hydrogen) atoms. The summed E-state index contributed by atoms with van der Waals surface area (Å²) in [4.78, 5) is 57.4. The summed E-state index contributed by atoms with van der Waals surface area (Å²) in [5.74, 6) is -2.26. The lowest BCUT2D eigenvalue weighted by Gasteiger charge is -2.08. The van der Waals surface area contributed by atoms with Gasteiger partial charge in [-0.05, 0) is 42.8 Å². The Kier molecular flexibility index (Phi) is 9.50. The van der Waals surface area contributed by atoms with Gasteiger partial charge >= 0.3 is 11.9 Å². The van der Waals surface area contributed by atoms with Crippen molar-refractivity contribution in [3.63, 3.8) is 0 Å². The van der Waals surface area contributed by atoms with Gasteiger partial charge < -0.3 is 20.1 Å². The largest absolute Gasteiger partial charge is 0.462 e. The van der Waals surface area contributed by atoms with Gasteiger partial charge in [0.1, 0.15) is 0 Å². The molecule has 2 rings (SSSR count). The minimum atomic E-state index is -0.738. The Labute approximate surface area is 189 Å². The number of anilines is 2. The fourth-order valence-electron chi connectivity index (χ4n) is 2.49. The lowest BCUT2D eigenvalue weighted by atomic mass is 10.2. The number of hydrogen-bond donors (Lipinski definition) is 2. The van der Waals surface area contributed by atoms with Crippen LogP contribution < -0.4 is 10.6 Å². The maximum absolute atomic E-state index is 11.9. The summed E-state index contributed by atoms with van der Waals surface area (Å²) in [5.41, 5.74) is 0.994. The molecule has 0 bridgehead atoms. The van der Waals surface area contributed by atoms with Crippen LogP contribution in [-0.2, 0) is 23.9 Å². The number of hydrogen-bond acceptors (Lipinski definition) is 8. The Morgan fingerprint density at radius 3 is 2.00 bits per heavy atom. The van der Waals surface area contributed by atoms with Crippen molar-refractivity contribution in [1.82, 2.24) is 0 Å². The van der Waals surface area contributed by atoms with E-state index in [-0.39, 0.29) is 18.5 Å². The molecule has 0 aliphatic carbocycles. The molecule has 0 saturated heterocycles. The number of non-ortho nitro benzene ring substituents is 1. The molecule has 174 valence electrons. The monoisotopic (exact) mass is 457 g/mol. The molecule has 0 radical (unpaired) electrons. The number of benzene rings is 2. The lowest BCUT2D eigenvalue weighted by molar-refractivity contribution is -0.384. The molecule has 11 nitrogen and oxygen atoms in total. The van der Waals surface area contributed by atoms with Crippen molar-refractivity contribution < 1.29 is 33.6 Å². The number of ether oxygens (including phenoxy) is 2. The topological polar surface area (TPSA) is 154 Å². The standard InChI is InChI=1S/C22H23N3O8/c1-2-13-32-22(29)15-3-5-16(6-4-15)24-20(27)14-33-21(28)12-11-19(26)23-17-7-9-18(10-8-17)25(30)31/h3-10H,2,11-14H2,1H3,(H,23,26)(H,24,27). The van der Waals surface area contributed by atoms with Gasteiger partial charge in [-0.2, -0.15) is 0 Å². The van der Waals surface area contributed by atoms with Crippen molar-refractivity contribution in [3.8, 4) is 0 Å². The quantitative estimate of drug-likeness (QED) is 0.296. The van der Waals surface area contributed by atoms with Crippen molar-refractivity contribution in [3.05, 3.63) is 64.2 Å². The SMILES string of the molecule is CCCOC(=O)c1ccc(NC(=O)COC(=O)CCC(=O)Nc2ccc([N+](=O)[O-])cc2)cc1. The number of esters is 2. The van der Waals surface area contributed by atoms with Crippen LogP contribution >= 0.6 is 0 Å². The van der Waals surface area contributed by atoms with E-state index >= 15 is 0 Å². The van der Waals surface area contributed by atoms with Crippen LogP contribution in [0.25, 0.3) is 0 Å². The first kappa shape index (κ1) is 25.0. The van der Waals surface area contributed by atoms with E-state index in [9.17, 15) is 29.3 Å². The van der Waals surface area contributed by atoms with Gasteiger partial charge in [-0.15, -0.1) is 0 Å². The zero-order valence-corrected chi connectivity index (χ0v) is 17.9. The molecule has 2 N–H and O–H groups in total. The number of carbonyl (C=O) groups is 4. The molecule has 2 aromatic carbocycles. The third-order valence-corrected chi connectivity index (χ3v) is 4.12. The van der Waals surface area contributed by atoms with Crippen molar-refractivity contribution in [1.29, 1.82) is 0 Å². The van der Waals surface area contributed by atoms with E-state index in [1.165, 1.54) is 48.5 Å². The molecule has 0 spiro atoms. The van der Waals surface area contributed by atoms with Gasteiger partial charge in [0.2, 0.25) is 5.91 Å². The van der Waals surface area contributed by atoms with Crippen LogP contribution in [0.3, 0.4) is 0 Å². The Bertz CT molecular complexity index is 1000. The van der Waals surface area contributed by atoms with Gasteiger partial charge in [0, 0.05) is 29.9 Å². The van der Waals surface area contributed by atoms with Crippen molar-refractivity contribution in [2.24, 2.45) is 0 Å². The summed E-state index contributed by atoms with van der Waals surface area (Å²) < 4.78 is 9.86. The third-order valence-electron chi connectivity index (χ3n) is 4.12. The van der Waals surface area contributed by atoms with Crippen molar-refractivity contribution >= 4 is 40.8 Å². The molecular weight excluding hydrogens is 434 g/mol. The summed E-state index contributed by atoms with van der Waals surface area (Å²) in [5, 5.41) is 15.6. The van der Waals surface area contributed by atoms with E-state index in [0.29, 0.717) is 30.0 Å². The first-order chi connectivity index (χ1) is 15.8. The first-order valence-corrected chi connectivity index (χ1v) is 10.1. The van der Waals surface area contributed by atoms with Crippen molar-refractivity contribution in [2.45, 2.75) is 26.2 Å². The average molecular weight is 457 g/mol. The highest BCUT2D eigenvalue weighted by molar-refractivity contribution is 5.95. The van der Waals surface area contributed by atoms with Crippen LogP contribution in [0.4, 0.5) is 17.1 Å². The van der Waals surface area contributed by atoms with Crippen LogP contribution in [0.5, 0.6) is 0 Å². The summed E-state index contributed by atoms with van der Waals surface area (Å²) in [7, 11) is 0. The summed E-state index contributed by atoms with van der Waals surface area (Å²) >= 11 is 0. The Balaban J connectivity index is 1.69. The molecule has 0 fully saturated rings. The van der Waals surface area contributed by atoms with Crippen LogP contribution in [0.2, 0.25) is 0 Å². The average Bonchev–Trinajstić information content (AvgIpc) is 2.80. The van der Waals surface area contributed by atoms with Gasteiger partial charge in [0.25, 0.3) is 11.6 Å². The van der Waals surface area contributed by atoms with Crippen LogP contribution in [-0.4, -0.2) is 41.9 Å².